The molecule has 0 spiro atoms. The predicted molar refractivity (Wildman–Crippen MR) is 72.7 cm³/mol. The standard InChI is InChI=1S/C13H24N2O5/c16-12(17)5-3-1-2-4-6-14-13(18)15-9-11-10-19-7-8-20-11/h11H,1-10H2,(H,16,17)(H2,14,15,18). The van der Waals surface area contributed by atoms with Gasteiger partial charge in [-0.25, -0.2) is 4.79 Å². The zero-order chi connectivity index (χ0) is 14.6. The van der Waals surface area contributed by atoms with Gasteiger partial charge in [0.05, 0.1) is 25.9 Å². The minimum atomic E-state index is -0.753. The molecule has 7 nitrogen and oxygen atoms in total. The maximum Gasteiger partial charge on any atom is 0.314 e. The number of rotatable bonds is 9. The lowest BCUT2D eigenvalue weighted by atomic mass is 10.1. The summed E-state index contributed by atoms with van der Waals surface area (Å²) in [5, 5.41) is 14.0. The zero-order valence-corrected chi connectivity index (χ0v) is 11.7. The second-order valence-corrected chi connectivity index (χ2v) is 4.76. The number of carboxylic acids is 1. The average Bonchev–Trinajstić information content (AvgIpc) is 2.45. The molecule has 0 bridgehead atoms. The van der Waals surface area contributed by atoms with E-state index >= 15 is 0 Å². The van der Waals surface area contributed by atoms with Crippen LogP contribution in [0.4, 0.5) is 4.79 Å². The molecule has 1 aliphatic heterocycles. The van der Waals surface area contributed by atoms with Crippen LogP contribution >= 0.6 is 0 Å². The molecule has 1 heterocycles. The van der Waals surface area contributed by atoms with Crippen molar-refractivity contribution in [2.45, 2.75) is 38.2 Å². The molecular formula is C13H24N2O5. The first kappa shape index (κ1) is 16.7. The van der Waals surface area contributed by atoms with Gasteiger partial charge in [0.1, 0.15) is 0 Å². The molecule has 1 fully saturated rings. The van der Waals surface area contributed by atoms with E-state index in [9.17, 15) is 9.59 Å². The third kappa shape index (κ3) is 8.71. The fourth-order valence-corrected chi connectivity index (χ4v) is 1.88. The zero-order valence-electron chi connectivity index (χ0n) is 11.7. The second kappa shape index (κ2) is 10.4. The maximum absolute atomic E-state index is 11.5. The Balaban J connectivity index is 1.88. The number of carbonyl (C=O) groups excluding carboxylic acids is 1. The van der Waals surface area contributed by atoms with Crippen molar-refractivity contribution in [3.8, 4) is 0 Å². The molecule has 0 aromatic heterocycles. The Labute approximate surface area is 119 Å². The summed E-state index contributed by atoms with van der Waals surface area (Å²) in [7, 11) is 0. The molecule has 116 valence electrons. The van der Waals surface area contributed by atoms with Gasteiger partial charge in [-0.05, 0) is 12.8 Å². The van der Waals surface area contributed by atoms with Crippen molar-refractivity contribution in [1.29, 1.82) is 0 Å². The molecule has 1 atom stereocenters. The summed E-state index contributed by atoms with van der Waals surface area (Å²) in [6.45, 7) is 2.75. The number of nitrogens with one attached hydrogen (secondary N) is 2. The van der Waals surface area contributed by atoms with Crippen LogP contribution in [0, 0.1) is 0 Å². The summed E-state index contributed by atoms with van der Waals surface area (Å²) in [5.41, 5.74) is 0. The van der Waals surface area contributed by atoms with Crippen LogP contribution in [0.5, 0.6) is 0 Å². The molecule has 2 amide bonds. The smallest absolute Gasteiger partial charge is 0.314 e. The van der Waals surface area contributed by atoms with Crippen molar-refractivity contribution in [3.05, 3.63) is 0 Å². The fourth-order valence-electron chi connectivity index (χ4n) is 1.88. The monoisotopic (exact) mass is 288 g/mol. The van der Waals surface area contributed by atoms with E-state index in [2.05, 4.69) is 10.6 Å². The van der Waals surface area contributed by atoms with E-state index in [0.717, 1.165) is 19.3 Å². The molecule has 20 heavy (non-hydrogen) atoms. The third-order valence-corrected chi connectivity index (χ3v) is 2.98. The normalized spacial score (nSPS) is 18.5. The Bertz CT molecular complexity index is 292. The third-order valence-electron chi connectivity index (χ3n) is 2.98. The van der Waals surface area contributed by atoms with Crippen LogP contribution < -0.4 is 10.6 Å². The number of carbonyl (C=O) groups is 2. The molecule has 0 radical (unpaired) electrons. The summed E-state index contributed by atoms with van der Waals surface area (Å²) in [6.07, 6.45) is 3.51. The number of unbranched alkanes of at least 4 members (excludes halogenated alkanes) is 3. The number of hydrogen-bond donors (Lipinski definition) is 3. The molecule has 0 aromatic carbocycles. The van der Waals surface area contributed by atoms with E-state index in [1.54, 1.807) is 0 Å². The van der Waals surface area contributed by atoms with E-state index < -0.39 is 5.97 Å². The van der Waals surface area contributed by atoms with Gasteiger partial charge in [0, 0.05) is 19.5 Å². The molecule has 1 saturated heterocycles. The van der Waals surface area contributed by atoms with Gasteiger partial charge in [0.15, 0.2) is 0 Å². The highest BCUT2D eigenvalue weighted by atomic mass is 16.6. The summed E-state index contributed by atoms with van der Waals surface area (Å²) in [5.74, 6) is -0.753. The summed E-state index contributed by atoms with van der Waals surface area (Å²) in [4.78, 5) is 21.8. The molecule has 0 saturated carbocycles. The van der Waals surface area contributed by atoms with E-state index in [-0.39, 0.29) is 18.6 Å². The van der Waals surface area contributed by atoms with Crippen molar-refractivity contribution >= 4 is 12.0 Å². The molecule has 1 rings (SSSR count). The summed E-state index contributed by atoms with van der Waals surface area (Å²) >= 11 is 0. The van der Waals surface area contributed by atoms with E-state index in [1.807, 2.05) is 0 Å². The van der Waals surface area contributed by atoms with Crippen LogP contribution in [0.3, 0.4) is 0 Å². The van der Waals surface area contributed by atoms with Gasteiger partial charge in [-0.3, -0.25) is 4.79 Å². The molecular weight excluding hydrogens is 264 g/mol. The first-order chi connectivity index (χ1) is 9.68. The highest BCUT2D eigenvalue weighted by Crippen LogP contribution is 2.02. The minimum absolute atomic E-state index is 0.0643. The number of urea groups is 1. The van der Waals surface area contributed by atoms with Gasteiger partial charge in [-0.15, -0.1) is 0 Å². The SMILES string of the molecule is O=C(O)CCCCCCNC(=O)NCC1COCCO1. The molecule has 1 aliphatic rings. The number of carboxylic acid groups (broad SMARTS) is 1. The fraction of sp³-hybridized carbons (Fsp3) is 0.846. The lowest BCUT2D eigenvalue weighted by Gasteiger charge is -2.23. The van der Waals surface area contributed by atoms with Gasteiger partial charge in [-0.1, -0.05) is 12.8 Å². The first-order valence-electron chi connectivity index (χ1n) is 7.11. The lowest BCUT2D eigenvalue weighted by Crippen LogP contribution is -2.43. The van der Waals surface area contributed by atoms with Gasteiger partial charge < -0.3 is 25.2 Å². The van der Waals surface area contributed by atoms with Crippen molar-refractivity contribution in [1.82, 2.24) is 10.6 Å². The van der Waals surface area contributed by atoms with Gasteiger partial charge in [0.2, 0.25) is 0 Å². The highest BCUT2D eigenvalue weighted by molar-refractivity contribution is 5.73. The topological polar surface area (TPSA) is 96.9 Å². The quantitative estimate of drug-likeness (QED) is 0.544. The second-order valence-electron chi connectivity index (χ2n) is 4.76. The average molecular weight is 288 g/mol. The Kier molecular flexibility index (Phi) is 8.73. The number of hydrogen-bond acceptors (Lipinski definition) is 4. The molecule has 0 aliphatic carbocycles. The highest BCUT2D eigenvalue weighted by Gasteiger charge is 2.14. The van der Waals surface area contributed by atoms with Crippen LogP contribution in [0.2, 0.25) is 0 Å². The Morgan fingerprint density at radius 3 is 2.60 bits per heavy atom. The van der Waals surface area contributed by atoms with Crippen molar-refractivity contribution < 1.29 is 24.2 Å². The Morgan fingerprint density at radius 2 is 1.90 bits per heavy atom. The predicted octanol–water partition coefficient (Wildman–Crippen LogP) is 0.736. The van der Waals surface area contributed by atoms with Crippen LogP contribution in [0.1, 0.15) is 32.1 Å². The number of amides is 2. The molecule has 0 aromatic rings. The maximum atomic E-state index is 11.5. The van der Waals surface area contributed by atoms with Crippen molar-refractivity contribution in [2.75, 3.05) is 32.9 Å². The number of ether oxygens (including phenoxy) is 2. The molecule has 7 heteroatoms. The Morgan fingerprint density at radius 1 is 1.10 bits per heavy atom. The van der Waals surface area contributed by atoms with Gasteiger partial charge in [-0.2, -0.15) is 0 Å². The first-order valence-corrected chi connectivity index (χ1v) is 7.11. The van der Waals surface area contributed by atoms with Crippen LogP contribution in [-0.4, -0.2) is 56.1 Å². The minimum Gasteiger partial charge on any atom is -0.481 e. The lowest BCUT2D eigenvalue weighted by molar-refractivity contribution is -0.137. The van der Waals surface area contributed by atoms with Gasteiger partial charge in [0.25, 0.3) is 0 Å². The summed E-state index contributed by atoms with van der Waals surface area (Å²) < 4.78 is 10.6. The van der Waals surface area contributed by atoms with Crippen LogP contribution in [0.25, 0.3) is 0 Å². The Hall–Kier alpha value is -1.34. The van der Waals surface area contributed by atoms with Crippen LogP contribution in [0.15, 0.2) is 0 Å². The van der Waals surface area contributed by atoms with E-state index in [4.69, 9.17) is 14.6 Å². The van der Waals surface area contributed by atoms with E-state index in [1.165, 1.54) is 0 Å². The van der Waals surface area contributed by atoms with Gasteiger partial charge >= 0.3 is 12.0 Å². The molecule has 1 unspecified atom stereocenters. The van der Waals surface area contributed by atoms with Crippen LogP contribution in [-0.2, 0) is 14.3 Å². The van der Waals surface area contributed by atoms with E-state index in [0.29, 0.717) is 39.3 Å². The number of aliphatic carboxylic acids is 1. The molecule has 3 N–H and O–H groups in total. The largest absolute Gasteiger partial charge is 0.481 e. The van der Waals surface area contributed by atoms with Crippen molar-refractivity contribution in [3.63, 3.8) is 0 Å². The summed E-state index contributed by atoms with van der Waals surface area (Å²) in [6, 6.07) is -0.204. The van der Waals surface area contributed by atoms with Crippen molar-refractivity contribution in [2.24, 2.45) is 0 Å².